The molecule has 1 fully saturated rings. The highest BCUT2D eigenvalue weighted by Crippen LogP contribution is 2.28. The molecule has 2 aromatic rings. The third-order valence-electron chi connectivity index (χ3n) is 5.88. The highest BCUT2D eigenvalue weighted by Gasteiger charge is 2.29. The maximum Gasteiger partial charge on any atom is 0.335 e. The molecule has 4 rings (SSSR count). The van der Waals surface area contributed by atoms with Crippen molar-refractivity contribution in [3.05, 3.63) is 64.7 Å². The van der Waals surface area contributed by atoms with Gasteiger partial charge in [-0.05, 0) is 80.9 Å². The molecule has 2 aromatic carbocycles. The standard InChI is InChI=1S/C25H27N3O4/c1-17-22(24(29)28(26-17)21-9-7-19(8-10-21)25(30)31)15-18-6-11-23(32-2)20(14-18)16-27-12-4-3-5-13-27/h6-11,14-15H,3-5,12-13,16H2,1-2H3,(H,30,31)/b22-15+. The molecule has 1 N–H and O–H groups in total. The Hall–Kier alpha value is -3.45. The maximum atomic E-state index is 13.1. The second-order valence-electron chi connectivity index (χ2n) is 8.12. The van der Waals surface area contributed by atoms with Gasteiger partial charge in [0, 0.05) is 12.1 Å². The summed E-state index contributed by atoms with van der Waals surface area (Å²) >= 11 is 0. The van der Waals surface area contributed by atoms with Crippen molar-refractivity contribution in [3.63, 3.8) is 0 Å². The number of carbonyl (C=O) groups excluding carboxylic acids is 1. The van der Waals surface area contributed by atoms with Crippen LogP contribution >= 0.6 is 0 Å². The minimum absolute atomic E-state index is 0.163. The maximum absolute atomic E-state index is 13.1. The van der Waals surface area contributed by atoms with Crippen molar-refractivity contribution in [1.29, 1.82) is 0 Å². The third kappa shape index (κ3) is 4.57. The van der Waals surface area contributed by atoms with Gasteiger partial charge in [-0.15, -0.1) is 0 Å². The average molecular weight is 434 g/mol. The summed E-state index contributed by atoms with van der Waals surface area (Å²) in [6, 6.07) is 12.1. The molecule has 166 valence electrons. The summed E-state index contributed by atoms with van der Waals surface area (Å²) < 4.78 is 5.57. The van der Waals surface area contributed by atoms with E-state index in [1.165, 1.54) is 36.4 Å². The molecule has 7 nitrogen and oxygen atoms in total. The van der Waals surface area contributed by atoms with Crippen LogP contribution < -0.4 is 9.75 Å². The topological polar surface area (TPSA) is 82.4 Å². The van der Waals surface area contributed by atoms with E-state index in [-0.39, 0.29) is 11.5 Å². The Labute approximate surface area is 187 Å². The molecule has 0 spiro atoms. The number of piperidine rings is 1. The number of hydrazone groups is 1. The lowest BCUT2D eigenvalue weighted by Crippen LogP contribution is -2.29. The largest absolute Gasteiger partial charge is 0.496 e. The van der Waals surface area contributed by atoms with Gasteiger partial charge in [-0.2, -0.15) is 10.1 Å². The predicted octanol–water partition coefficient (Wildman–Crippen LogP) is 4.19. The summed E-state index contributed by atoms with van der Waals surface area (Å²) in [7, 11) is 1.68. The highest BCUT2D eigenvalue weighted by atomic mass is 16.5. The van der Waals surface area contributed by atoms with E-state index in [9.17, 15) is 9.59 Å². The van der Waals surface area contributed by atoms with Crippen LogP contribution in [0.4, 0.5) is 5.69 Å². The van der Waals surface area contributed by atoms with E-state index < -0.39 is 5.97 Å². The Bertz CT molecular complexity index is 1080. The summed E-state index contributed by atoms with van der Waals surface area (Å²) in [5.74, 6) is -0.399. The molecule has 7 heteroatoms. The molecule has 1 saturated heterocycles. The number of ether oxygens (including phenoxy) is 1. The molecule has 32 heavy (non-hydrogen) atoms. The zero-order valence-electron chi connectivity index (χ0n) is 18.4. The van der Waals surface area contributed by atoms with Gasteiger partial charge in [-0.25, -0.2) is 4.79 Å². The van der Waals surface area contributed by atoms with Crippen LogP contribution in [0.25, 0.3) is 6.08 Å². The number of carbonyl (C=O) groups is 2. The van der Waals surface area contributed by atoms with Crippen LogP contribution in [-0.2, 0) is 11.3 Å². The Morgan fingerprint density at radius 2 is 1.84 bits per heavy atom. The fourth-order valence-electron chi connectivity index (χ4n) is 4.14. The lowest BCUT2D eigenvalue weighted by Gasteiger charge is -2.27. The molecule has 2 heterocycles. The number of likely N-dealkylation sites (tertiary alicyclic amines) is 1. The van der Waals surface area contributed by atoms with Gasteiger partial charge in [-0.3, -0.25) is 9.69 Å². The Morgan fingerprint density at radius 1 is 1.12 bits per heavy atom. The normalized spacial score (nSPS) is 18.2. The van der Waals surface area contributed by atoms with E-state index in [1.54, 1.807) is 26.2 Å². The monoisotopic (exact) mass is 433 g/mol. The lowest BCUT2D eigenvalue weighted by molar-refractivity contribution is -0.114. The molecule has 0 saturated carbocycles. The molecule has 1 amide bonds. The molecular formula is C25H27N3O4. The van der Waals surface area contributed by atoms with E-state index in [4.69, 9.17) is 9.84 Å². The van der Waals surface area contributed by atoms with Crippen molar-refractivity contribution >= 4 is 29.4 Å². The Kier molecular flexibility index (Phi) is 6.37. The molecule has 2 aliphatic rings. The van der Waals surface area contributed by atoms with Crippen molar-refractivity contribution in [2.24, 2.45) is 5.10 Å². The first-order chi connectivity index (χ1) is 15.5. The number of hydrogen-bond donors (Lipinski definition) is 1. The number of carboxylic acid groups (broad SMARTS) is 1. The van der Waals surface area contributed by atoms with Gasteiger partial charge in [-0.1, -0.05) is 12.5 Å². The quantitative estimate of drug-likeness (QED) is 0.691. The van der Waals surface area contributed by atoms with E-state index in [1.807, 2.05) is 18.2 Å². The number of anilines is 1. The number of methoxy groups -OCH3 is 1. The summed E-state index contributed by atoms with van der Waals surface area (Å²) in [5.41, 5.74) is 3.84. The number of amides is 1. The van der Waals surface area contributed by atoms with Gasteiger partial charge in [0.1, 0.15) is 5.75 Å². The summed E-state index contributed by atoms with van der Waals surface area (Å²) in [6.45, 7) is 4.81. The molecule has 0 aliphatic carbocycles. The first-order valence-electron chi connectivity index (χ1n) is 10.8. The fraction of sp³-hybridized carbons (Fsp3) is 0.320. The van der Waals surface area contributed by atoms with Crippen LogP contribution in [0, 0.1) is 0 Å². The highest BCUT2D eigenvalue weighted by molar-refractivity contribution is 6.32. The number of nitrogens with zero attached hydrogens (tertiary/aromatic N) is 3. The number of hydrogen-bond acceptors (Lipinski definition) is 5. The zero-order chi connectivity index (χ0) is 22.7. The van der Waals surface area contributed by atoms with Gasteiger partial charge in [0.05, 0.1) is 29.6 Å². The van der Waals surface area contributed by atoms with E-state index in [0.29, 0.717) is 17.0 Å². The Morgan fingerprint density at radius 3 is 2.50 bits per heavy atom. The smallest absolute Gasteiger partial charge is 0.335 e. The van der Waals surface area contributed by atoms with Crippen molar-refractivity contribution < 1.29 is 19.4 Å². The number of rotatable bonds is 6. The van der Waals surface area contributed by atoms with Crippen molar-refractivity contribution in [1.82, 2.24) is 4.90 Å². The fourth-order valence-corrected chi connectivity index (χ4v) is 4.14. The van der Waals surface area contributed by atoms with Crippen molar-refractivity contribution in [2.75, 3.05) is 25.2 Å². The zero-order valence-corrected chi connectivity index (χ0v) is 18.4. The molecule has 0 bridgehead atoms. The average Bonchev–Trinajstić information content (AvgIpc) is 3.08. The number of aromatic carboxylic acids is 1. The van der Waals surface area contributed by atoms with Gasteiger partial charge in [0.25, 0.3) is 5.91 Å². The molecular weight excluding hydrogens is 406 g/mol. The molecule has 2 aliphatic heterocycles. The third-order valence-corrected chi connectivity index (χ3v) is 5.88. The second kappa shape index (κ2) is 9.36. The van der Waals surface area contributed by atoms with Gasteiger partial charge >= 0.3 is 5.97 Å². The predicted molar refractivity (Wildman–Crippen MR) is 124 cm³/mol. The van der Waals surface area contributed by atoms with Gasteiger partial charge < -0.3 is 9.84 Å². The van der Waals surface area contributed by atoms with E-state index in [0.717, 1.165) is 36.5 Å². The SMILES string of the molecule is COc1ccc(/C=C2/C(=O)N(c3ccc(C(=O)O)cc3)N=C2C)cc1CN1CCCCC1. The number of benzene rings is 2. The van der Waals surface area contributed by atoms with Crippen LogP contribution in [0.1, 0.15) is 47.7 Å². The van der Waals surface area contributed by atoms with Crippen molar-refractivity contribution in [3.8, 4) is 5.75 Å². The molecule has 0 atom stereocenters. The minimum Gasteiger partial charge on any atom is -0.496 e. The van der Waals surface area contributed by atoms with E-state index in [2.05, 4.69) is 16.1 Å². The minimum atomic E-state index is -1.01. The summed E-state index contributed by atoms with van der Waals surface area (Å²) in [5, 5.41) is 14.8. The van der Waals surface area contributed by atoms with Crippen LogP contribution in [0.2, 0.25) is 0 Å². The Balaban J connectivity index is 1.57. The van der Waals surface area contributed by atoms with Crippen LogP contribution in [0.15, 0.2) is 53.1 Å². The molecule has 0 aromatic heterocycles. The van der Waals surface area contributed by atoms with Crippen LogP contribution in [0.3, 0.4) is 0 Å². The summed E-state index contributed by atoms with van der Waals surface area (Å²) in [6.07, 6.45) is 5.58. The van der Waals surface area contributed by atoms with Crippen LogP contribution in [-0.4, -0.2) is 47.8 Å². The van der Waals surface area contributed by atoms with Gasteiger partial charge in [0.2, 0.25) is 0 Å². The van der Waals surface area contributed by atoms with Gasteiger partial charge in [0.15, 0.2) is 0 Å². The lowest BCUT2D eigenvalue weighted by atomic mass is 10.0. The second-order valence-corrected chi connectivity index (χ2v) is 8.12. The summed E-state index contributed by atoms with van der Waals surface area (Å²) in [4.78, 5) is 26.6. The van der Waals surface area contributed by atoms with Crippen molar-refractivity contribution in [2.45, 2.75) is 32.7 Å². The van der Waals surface area contributed by atoms with Crippen LogP contribution in [0.5, 0.6) is 5.75 Å². The molecule has 0 radical (unpaired) electrons. The number of carboxylic acids is 1. The molecule has 0 unspecified atom stereocenters. The first-order valence-corrected chi connectivity index (χ1v) is 10.8. The first kappa shape index (κ1) is 21.8. The van der Waals surface area contributed by atoms with E-state index >= 15 is 0 Å².